The Morgan fingerprint density at radius 2 is 0.911 bits per heavy atom. The molecule has 1 amide bonds. The summed E-state index contributed by atoms with van der Waals surface area (Å²) in [6.45, 7) is 4.33. The van der Waals surface area contributed by atoms with Gasteiger partial charge in [-0.25, -0.2) is 0 Å². The summed E-state index contributed by atoms with van der Waals surface area (Å²) < 4.78 is 0. The molecule has 0 bridgehead atoms. The predicted octanol–water partition coefficient (Wildman–Crippen LogP) is 12.1. The number of unbranched alkanes of at least 4 members (excludes halogenated alkanes) is 25. The van der Waals surface area contributed by atoms with Gasteiger partial charge in [-0.05, 0) is 44.9 Å². The van der Waals surface area contributed by atoms with Crippen LogP contribution in [0.25, 0.3) is 0 Å². The van der Waals surface area contributed by atoms with Crippen molar-refractivity contribution in [2.24, 2.45) is 0 Å². The maximum atomic E-state index is 12.4. The number of aliphatic hydroxyl groups excluding tert-OH is 2. The number of amides is 1. The van der Waals surface area contributed by atoms with Gasteiger partial charge in [-0.15, -0.1) is 0 Å². The fourth-order valence-electron chi connectivity index (χ4n) is 6.10. The van der Waals surface area contributed by atoms with E-state index >= 15 is 0 Å². The Labute approximate surface area is 281 Å². The quantitative estimate of drug-likeness (QED) is 0.0475. The molecule has 4 nitrogen and oxygen atoms in total. The van der Waals surface area contributed by atoms with E-state index in [0.717, 1.165) is 32.1 Å². The van der Waals surface area contributed by atoms with Crippen molar-refractivity contribution in [2.45, 2.75) is 225 Å². The molecule has 45 heavy (non-hydrogen) atoms. The molecule has 0 spiro atoms. The van der Waals surface area contributed by atoms with Gasteiger partial charge in [-0.2, -0.15) is 0 Å². The van der Waals surface area contributed by atoms with Crippen molar-refractivity contribution in [3.63, 3.8) is 0 Å². The molecule has 2 atom stereocenters. The lowest BCUT2D eigenvalue weighted by atomic mass is 10.0. The summed E-state index contributed by atoms with van der Waals surface area (Å²) >= 11 is 0. The Balaban J connectivity index is 3.55. The number of carbonyl (C=O) groups is 1. The first-order valence-electron chi connectivity index (χ1n) is 20.0. The van der Waals surface area contributed by atoms with Crippen LogP contribution < -0.4 is 5.32 Å². The first-order valence-corrected chi connectivity index (χ1v) is 20.0. The summed E-state index contributed by atoms with van der Waals surface area (Å²) in [5.74, 6) is -0.0392. The lowest BCUT2D eigenvalue weighted by molar-refractivity contribution is -0.123. The van der Waals surface area contributed by atoms with Crippen LogP contribution in [-0.4, -0.2) is 34.9 Å². The minimum Gasteiger partial charge on any atom is -0.394 e. The zero-order valence-electron chi connectivity index (χ0n) is 30.4. The van der Waals surface area contributed by atoms with Gasteiger partial charge in [-0.3, -0.25) is 4.79 Å². The Kier molecular flexibility index (Phi) is 36.4. The van der Waals surface area contributed by atoms with Gasteiger partial charge in [0.15, 0.2) is 0 Å². The fourth-order valence-corrected chi connectivity index (χ4v) is 6.10. The normalized spacial score (nSPS) is 13.2. The Morgan fingerprint density at radius 3 is 1.38 bits per heavy atom. The molecule has 0 radical (unpaired) electrons. The van der Waals surface area contributed by atoms with Gasteiger partial charge in [0.1, 0.15) is 0 Å². The molecule has 0 fully saturated rings. The van der Waals surface area contributed by atoms with Crippen molar-refractivity contribution >= 4 is 5.91 Å². The van der Waals surface area contributed by atoms with E-state index in [1.165, 1.54) is 154 Å². The molecule has 266 valence electrons. The van der Waals surface area contributed by atoms with E-state index in [9.17, 15) is 15.0 Å². The van der Waals surface area contributed by atoms with E-state index < -0.39 is 12.1 Å². The summed E-state index contributed by atoms with van der Waals surface area (Å²) in [4.78, 5) is 12.4. The minimum absolute atomic E-state index is 0.0392. The van der Waals surface area contributed by atoms with Gasteiger partial charge >= 0.3 is 0 Å². The topological polar surface area (TPSA) is 69.6 Å². The van der Waals surface area contributed by atoms with Crippen molar-refractivity contribution < 1.29 is 15.0 Å². The summed E-state index contributed by atoms with van der Waals surface area (Å²) in [6, 6.07) is -0.537. The molecule has 0 heterocycles. The van der Waals surface area contributed by atoms with Crippen LogP contribution in [0.1, 0.15) is 213 Å². The van der Waals surface area contributed by atoms with Crippen molar-refractivity contribution in [3.05, 3.63) is 24.3 Å². The van der Waals surface area contributed by atoms with E-state index in [4.69, 9.17) is 0 Å². The molecule has 0 aliphatic carbocycles. The summed E-state index contributed by atoms with van der Waals surface area (Å²) in [6.07, 6.45) is 46.6. The Morgan fingerprint density at radius 1 is 0.533 bits per heavy atom. The summed E-state index contributed by atoms with van der Waals surface area (Å²) in [5, 5.41) is 23.1. The van der Waals surface area contributed by atoms with E-state index in [1.807, 2.05) is 0 Å². The Bertz CT molecular complexity index is 647. The number of hydrogen-bond donors (Lipinski definition) is 3. The van der Waals surface area contributed by atoms with Crippen LogP contribution in [0.15, 0.2) is 24.3 Å². The van der Waals surface area contributed by atoms with Crippen molar-refractivity contribution in [2.75, 3.05) is 6.61 Å². The average Bonchev–Trinajstić information content (AvgIpc) is 3.04. The summed E-state index contributed by atoms with van der Waals surface area (Å²) in [7, 11) is 0. The molecule has 0 aliphatic rings. The molecule has 2 unspecified atom stereocenters. The predicted molar refractivity (Wildman–Crippen MR) is 198 cm³/mol. The standard InChI is InChI=1S/C41H79NO3/c1-3-5-7-9-11-13-15-17-19-21-23-25-27-29-31-33-35-37-41(45)42-39(38-43)40(44)36-34-32-30-28-26-24-22-20-18-16-14-12-10-8-6-4-2/h11,13,17,19,39-40,43-44H,3-10,12,14-16,18,20-38H2,1-2H3,(H,42,45)/b13-11-,19-17-. The van der Waals surface area contributed by atoms with E-state index in [1.54, 1.807) is 0 Å². The highest BCUT2D eigenvalue weighted by molar-refractivity contribution is 5.76. The lowest BCUT2D eigenvalue weighted by Crippen LogP contribution is -2.45. The van der Waals surface area contributed by atoms with Crippen LogP contribution in [0, 0.1) is 0 Å². The maximum absolute atomic E-state index is 12.4. The molecule has 3 N–H and O–H groups in total. The monoisotopic (exact) mass is 634 g/mol. The molecule has 0 saturated heterocycles. The molecule has 4 heteroatoms. The van der Waals surface area contributed by atoms with Crippen molar-refractivity contribution in [3.8, 4) is 0 Å². The lowest BCUT2D eigenvalue weighted by Gasteiger charge is -2.22. The zero-order valence-corrected chi connectivity index (χ0v) is 30.4. The van der Waals surface area contributed by atoms with E-state index in [2.05, 4.69) is 43.5 Å². The van der Waals surface area contributed by atoms with Crippen molar-refractivity contribution in [1.82, 2.24) is 5.32 Å². The van der Waals surface area contributed by atoms with Crippen LogP contribution >= 0.6 is 0 Å². The average molecular weight is 634 g/mol. The zero-order chi connectivity index (χ0) is 32.9. The van der Waals surface area contributed by atoms with Gasteiger partial charge in [-0.1, -0.05) is 186 Å². The molecule has 0 aromatic carbocycles. The highest BCUT2D eigenvalue weighted by Gasteiger charge is 2.19. The summed E-state index contributed by atoms with van der Waals surface area (Å²) in [5.41, 5.74) is 0. The third-order valence-electron chi connectivity index (χ3n) is 9.22. The van der Waals surface area contributed by atoms with Gasteiger partial charge in [0.25, 0.3) is 0 Å². The van der Waals surface area contributed by atoms with Crippen LogP contribution in [-0.2, 0) is 4.79 Å². The number of allylic oxidation sites excluding steroid dienone is 4. The smallest absolute Gasteiger partial charge is 0.220 e. The molecule has 0 aromatic rings. The number of hydrogen-bond acceptors (Lipinski definition) is 3. The highest BCUT2D eigenvalue weighted by Crippen LogP contribution is 2.15. The van der Waals surface area contributed by atoms with Crippen LogP contribution in [0.3, 0.4) is 0 Å². The van der Waals surface area contributed by atoms with Gasteiger partial charge < -0.3 is 15.5 Å². The molecule has 0 rings (SSSR count). The van der Waals surface area contributed by atoms with Crippen molar-refractivity contribution in [1.29, 1.82) is 0 Å². The fraction of sp³-hybridized carbons (Fsp3) is 0.878. The van der Waals surface area contributed by atoms with E-state index in [0.29, 0.717) is 12.8 Å². The second-order valence-corrected chi connectivity index (χ2v) is 13.7. The van der Waals surface area contributed by atoms with Crippen LogP contribution in [0.2, 0.25) is 0 Å². The minimum atomic E-state index is -0.660. The molecule has 0 saturated carbocycles. The number of nitrogens with one attached hydrogen (secondary N) is 1. The second-order valence-electron chi connectivity index (χ2n) is 13.7. The maximum Gasteiger partial charge on any atom is 0.220 e. The van der Waals surface area contributed by atoms with Gasteiger partial charge in [0.2, 0.25) is 5.91 Å². The van der Waals surface area contributed by atoms with Gasteiger partial charge in [0.05, 0.1) is 18.8 Å². The first-order chi connectivity index (χ1) is 22.2. The first kappa shape index (κ1) is 43.9. The largest absolute Gasteiger partial charge is 0.394 e. The highest BCUT2D eigenvalue weighted by atomic mass is 16.3. The number of aliphatic hydroxyl groups is 2. The third kappa shape index (κ3) is 34.0. The number of carbonyl (C=O) groups excluding carboxylic acids is 1. The SMILES string of the molecule is CCCCC/C=C\C/C=C\CCCCCCCCCC(=O)NC(CO)C(O)CCCCCCCCCCCCCCCCCC. The van der Waals surface area contributed by atoms with Gasteiger partial charge in [0, 0.05) is 6.42 Å². The van der Waals surface area contributed by atoms with Crippen LogP contribution in [0.4, 0.5) is 0 Å². The Hall–Kier alpha value is -1.13. The second kappa shape index (κ2) is 37.3. The molecular weight excluding hydrogens is 554 g/mol. The third-order valence-corrected chi connectivity index (χ3v) is 9.22. The van der Waals surface area contributed by atoms with E-state index in [-0.39, 0.29) is 12.5 Å². The number of rotatable bonds is 36. The molecule has 0 aliphatic heterocycles. The molecular formula is C41H79NO3. The van der Waals surface area contributed by atoms with Crippen LogP contribution in [0.5, 0.6) is 0 Å². The molecule has 0 aromatic heterocycles.